The zero-order valence-electron chi connectivity index (χ0n) is 11.3. The molecule has 1 N–H and O–H groups in total. The number of hydrogen-bond donors (Lipinski definition) is 1. The monoisotopic (exact) mass is 327 g/mol. The van der Waals surface area contributed by atoms with Gasteiger partial charge in [0, 0.05) is 13.1 Å². The number of halogens is 2. The van der Waals surface area contributed by atoms with E-state index in [9.17, 15) is 9.50 Å². The van der Waals surface area contributed by atoms with E-state index in [-0.39, 0.29) is 5.02 Å². The lowest BCUT2D eigenvalue weighted by atomic mass is 10.1. The Labute approximate surface area is 131 Å². The minimum Gasteiger partial charge on any atom is -0.381 e. The van der Waals surface area contributed by atoms with E-state index in [0.717, 1.165) is 31.1 Å². The van der Waals surface area contributed by atoms with Crippen LogP contribution < -0.4 is 4.90 Å². The van der Waals surface area contributed by atoms with Gasteiger partial charge >= 0.3 is 0 Å². The molecule has 0 amide bonds. The number of aliphatic hydroxyl groups excluding tert-OH is 1. The largest absolute Gasteiger partial charge is 0.381 e. The van der Waals surface area contributed by atoms with Crippen LogP contribution in [0.15, 0.2) is 18.2 Å². The highest BCUT2D eigenvalue weighted by Crippen LogP contribution is 2.31. The highest BCUT2D eigenvalue weighted by molar-refractivity contribution is 7.15. The predicted molar refractivity (Wildman–Crippen MR) is 81.4 cm³/mol. The molecule has 1 aromatic carbocycles. The van der Waals surface area contributed by atoms with Gasteiger partial charge in [0.1, 0.15) is 11.9 Å². The fourth-order valence-electron chi connectivity index (χ4n) is 2.37. The molecule has 4 nitrogen and oxygen atoms in total. The molecule has 21 heavy (non-hydrogen) atoms. The van der Waals surface area contributed by atoms with E-state index in [1.165, 1.54) is 36.0 Å². The van der Waals surface area contributed by atoms with Crippen LogP contribution in [0.25, 0.3) is 0 Å². The number of aliphatic hydroxyl groups is 1. The maximum absolute atomic E-state index is 13.2. The SMILES string of the molecule is OC(c1ccc(F)c(Cl)c1)c1nnc(N2CCCCC2)s1. The van der Waals surface area contributed by atoms with E-state index in [4.69, 9.17) is 11.6 Å². The number of hydrogen-bond acceptors (Lipinski definition) is 5. The van der Waals surface area contributed by atoms with E-state index in [1.54, 1.807) is 0 Å². The topological polar surface area (TPSA) is 49.3 Å². The lowest BCUT2D eigenvalue weighted by molar-refractivity contribution is 0.218. The summed E-state index contributed by atoms with van der Waals surface area (Å²) < 4.78 is 13.2. The maximum atomic E-state index is 13.2. The van der Waals surface area contributed by atoms with Crippen molar-refractivity contribution in [2.45, 2.75) is 25.4 Å². The van der Waals surface area contributed by atoms with Gasteiger partial charge in [-0.15, -0.1) is 10.2 Å². The first-order chi connectivity index (χ1) is 10.1. The quantitative estimate of drug-likeness (QED) is 0.938. The molecule has 1 aromatic heterocycles. The fraction of sp³-hybridized carbons (Fsp3) is 0.429. The molecule has 0 aliphatic carbocycles. The highest BCUT2D eigenvalue weighted by Gasteiger charge is 2.20. The number of rotatable bonds is 3. The Balaban J connectivity index is 1.79. The molecule has 2 heterocycles. The van der Waals surface area contributed by atoms with Gasteiger partial charge in [0.15, 0.2) is 5.01 Å². The molecule has 1 unspecified atom stereocenters. The third-order valence-electron chi connectivity index (χ3n) is 3.55. The summed E-state index contributed by atoms with van der Waals surface area (Å²) in [7, 11) is 0. The number of piperidine rings is 1. The van der Waals surface area contributed by atoms with Crippen LogP contribution in [-0.4, -0.2) is 28.4 Å². The van der Waals surface area contributed by atoms with Gasteiger partial charge in [-0.1, -0.05) is 29.0 Å². The minimum absolute atomic E-state index is 0.00711. The van der Waals surface area contributed by atoms with Gasteiger partial charge in [-0.05, 0) is 37.0 Å². The van der Waals surface area contributed by atoms with E-state index in [0.29, 0.717) is 10.6 Å². The molecule has 0 spiro atoms. The molecule has 0 saturated carbocycles. The Morgan fingerprint density at radius 3 is 2.71 bits per heavy atom. The Kier molecular flexibility index (Phi) is 4.37. The van der Waals surface area contributed by atoms with Crippen LogP contribution in [0, 0.1) is 5.82 Å². The zero-order valence-corrected chi connectivity index (χ0v) is 12.9. The van der Waals surface area contributed by atoms with E-state index in [2.05, 4.69) is 15.1 Å². The molecule has 1 atom stereocenters. The molecule has 0 bridgehead atoms. The molecular weight excluding hydrogens is 313 g/mol. The van der Waals surface area contributed by atoms with E-state index in [1.807, 2.05) is 0 Å². The van der Waals surface area contributed by atoms with Crippen molar-refractivity contribution in [3.8, 4) is 0 Å². The Morgan fingerprint density at radius 2 is 2.00 bits per heavy atom. The van der Waals surface area contributed by atoms with Crippen molar-refractivity contribution in [1.29, 1.82) is 0 Å². The van der Waals surface area contributed by atoms with Crippen molar-refractivity contribution < 1.29 is 9.50 Å². The molecule has 3 rings (SSSR count). The second-order valence-corrected chi connectivity index (χ2v) is 6.44. The summed E-state index contributed by atoms with van der Waals surface area (Å²) in [4.78, 5) is 2.19. The first-order valence-electron chi connectivity index (χ1n) is 6.86. The smallest absolute Gasteiger partial charge is 0.208 e. The summed E-state index contributed by atoms with van der Waals surface area (Å²) in [6.45, 7) is 1.96. The Morgan fingerprint density at radius 1 is 1.24 bits per heavy atom. The molecule has 1 aliphatic heterocycles. The number of benzene rings is 1. The predicted octanol–water partition coefficient (Wildman–Crippen LogP) is 3.40. The normalized spacial score (nSPS) is 17.0. The summed E-state index contributed by atoms with van der Waals surface area (Å²) in [5.74, 6) is -0.501. The standard InChI is InChI=1S/C14H15ClFN3OS/c15-10-8-9(4-5-11(10)16)12(20)13-17-18-14(21-13)19-6-2-1-3-7-19/h4-5,8,12,20H,1-3,6-7H2. The Hall–Kier alpha value is -1.24. The van der Waals surface area contributed by atoms with Gasteiger partial charge < -0.3 is 10.0 Å². The molecule has 7 heteroatoms. The number of aromatic nitrogens is 2. The summed E-state index contributed by atoms with van der Waals surface area (Å²) in [5.41, 5.74) is 0.516. The highest BCUT2D eigenvalue weighted by atomic mass is 35.5. The van der Waals surface area contributed by atoms with Crippen molar-refractivity contribution >= 4 is 28.1 Å². The molecule has 112 valence electrons. The van der Waals surface area contributed by atoms with Gasteiger partial charge in [0.05, 0.1) is 5.02 Å². The zero-order chi connectivity index (χ0) is 14.8. The van der Waals surface area contributed by atoms with Crippen molar-refractivity contribution in [3.63, 3.8) is 0 Å². The van der Waals surface area contributed by atoms with Crippen LogP contribution in [0.5, 0.6) is 0 Å². The third kappa shape index (κ3) is 3.17. The summed E-state index contributed by atoms with van der Waals surface area (Å²) in [6.07, 6.45) is 2.63. The van der Waals surface area contributed by atoms with Crippen molar-refractivity contribution in [3.05, 3.63) is 39.6 Å². The van der Waals surface area contributed by atoms with E-state index < -0.39 is 11.9 Å². The average Bonchev–Trinajstić information content (AvgIpc) is 3.00. The summed E-state index contributed by atoms with van der Waals surface area (Å²) in [6, 6.07) is 4.17. The van der Waals surface area contributed by atoms with Gasteiger partial charge in [-0.25, -0.2) is 4.39 Å². The van der Waals surface area contributed by atoms with Crippen LogP contribution in [0.1, 0.15) is 35.9 Å². The van der Waals surface area contributed by atoms with Gasteiger partial charge in [0.2, 0.25) is 5.13 Å². The molecule has 0 radical (unpaired) electrons. The Bertz CT molecular complexity index is 630. The van der Waals surface area contributed by atoms with Crippen molar-refractivity contribution in [2.75, 3.05) is 18.0 Å². The second-order valence-electron chi connectivity index (χ2n) is 5.05. The van der Waals surface area contributed by atoms with Gasteiger partial charge in [-0.2, -0.15) is 0 Å². The average molecular weight is 328 g/mol. The first-order valence-corrected chi connectivity index (χ1v) is 8.06. The van der Waals surface area contributed by atoms with E-state index >= 15 is 0 Å². The fourth-order valence-corrected chi connectivity index (χ4v) is 3.47. The second kappa shape index (κ2) is 6.25. The van der Waals surface area contributed by atoms with Gasteiger partial charge in [-0.3, -0.25) is 0 Å². The lowest BCUT2D eigenvalue weighted by Gasteiger charge is -2.25. The molecule has 1 aliphatic rings. The molecule has 1 fully saturated rings. The third-order valence-corrected chi connectivity index (χ3v) is 4.88. The van der Waals surface area contributed by atoms with Crippen LogP contribution >= 0.6 is 22.9 Å². The first kappa shape index (κ1) is 14.7. The van der Waals surface area contributed by atoms with Crippen molar-refractivity contribution in [2.24, 2.45) is 0 Å². The van der Waals surface area contributed by atoms with Crippen LogP contribution in [0.3, 0.4) is 0 Å². The van der Waals surface area contributed by atoms with Crippen LogP contribution in [-0.2, 0) is 0 Å². The maximum Gasteiger partial charge on any atom is 0.208 e. The summed E-state index contributed by atoms with van der Waals surface area (Å²) >= 11 is 7.11. The molecule has 1 saturated heterocycles. The molecule has 2 aromatic rings. The minimum atomic E-state index is -0.931. The molecular formula is C14H15ClFN3OS. The summed E-state index contributed by atoms with van der Waals surface area (Å²) in [5, 5.41) is 19.9. The number of anilines is 1. The lowest BCUT2D eigenvalue weighted by Crippen LogP contribution is -2.29. The van der Waals surface area contributed by atoms with Crippen molar-refractivity contribution in [1.82, 2.24) is 10.2 Å². The van der Waals surface area contributed by atoms with Crippen LogP contribution in [0.4, 0.5) is 9.52 Å². The van der Waals surface area contributed by atoms with Crippen LogP contribution in [0.2, 0.25) is 5.02 Å². The number of nitrogens with zero attached hydrogens (tertiary/aromatic N) is 3. The van der Waals surface area contributed by atoms with Gasteiger partial charge in [0.25, 0.3) is 0 Å².